The van der Waals surface area contributed by atoms with Gasteiger partial charge in [0.2, 0.25) is 5.91 Å². The number of hydrogen-bond acceptors (Lipinski definition) is 3. The van der Waals surface area contributed by atoms with E-state index in [1.165, 1.54) is 0 Å². The van der Waals surface area contributed by atoms with Gasteiger partial charge in [-0.2, -0.15) is 0 Å². The molecular weight excluding hydrogens is 292 g/mol. The van der Waals surface area contributed by atoms with Gasteiger partial charge in [-0.3, -0.25) is 9.59 Å². The van der Waals surface area contributed by atoms with Gasteiger partial charge in [-0.1, -0.05) is 19.1 Å². The second kappa shape index (κ2) is 7.49. The van der Waals surface area contributed by atoms with Gasteiger partial charge in [-0.15, -0.1) is 0 Å². The normalized spacial score (nSPS) is 16.9. The Bertz CT molecular complexity index is 546. The maximum absolute atomic E-state index is 12.4. The first kappa shape index (κ1) is 17.3. The molecule has 1 amide bonds. The van der Waals surface area contributed by atoms with E-state index in [-0.39, 0.29) is 12.3 Å². The summed E-state index contributed by atoms with van der Waals surface area (Å²) in [5.74, 6) is -1.13. The van der Waals surface area contributed by atoms with E-state index in [4.69, 9.17) is 0 Å². The number of carboxylic acid groups (broad SMARTS) is 1. The van der Waals surface area contributed by atoms with Crippen LogP contribution in [0.25, 0.3) is 0 Å². The van der Waals surface area contributed by atoms with Crippen LogP contribution in [-0.4, -0.2) is 49.1 Å². The first-order valence-electron chi connectivity index (χ1n) is 8.16. The van der Waals surface area contributed by atoms with Crippen LogP contribution in [0.5, 0.6) is 0 Å². The SMILES string of the molecule is CC1CCN(C(=O)CC(C(=O)O)c2ccc(N(C)C)cc2)CC1. The molecule has 0 bridgehead atoms. The molecule has 5 heteroatoms. The predicted molar refractivity (Wildman–Crippen MR) is 90.7 cm³/mol. The Kier molecular flexibility index (Phi) is 5.64. The van der Waals surface area contributed by atoms with E-state index in [2.05, 4.69) is 6.92 Å². The van der Waals surface area contributed by atoms with Crippen molar-refractivity contribution in [1.29, 1.82) is 0 Å². The van der Waals surface area contributed by atoms with E-state index in [0.717, 1.165) is 31.6 Å². The van der Waals surface area contributed by atoms with E-state index in [9.17, 15) is 14.7 Å². The number of benzene rings is 1. The monoisotopic (exact) mass is 318 g/mol. The van der Waals surface area contributed by atoms with Crippen LogP contribution in [-0.2, 0) is 9.59 Å². The number of carbonyl (C=O) groups is 2. The van der Waals surface area contributed by atoms with E-state index in [0.29, 0.717) is 11.5 Å². The molecule has 1 N–H and O–H groups in total. The highest BCUT2D eigenvalue weighted by Gasteiger charge is 2.27. The first-order chi connectivity index (χ1) is 10.9. The van der Waals surface area contributed by atoms with Crippen molar-refractivity contribution in [2.24, 2.45) is 5.92 Å². The molecule has 0 saturated carbocycles. The summed E-state index contributed by atoms with van der Waals surface area (Å²) in [5.41, 5.74) is 1.69. The molecule has 126 valence electrons. The van der Waals surface area contributed by atoms with E-state index in [1.807, 2.05) is 36.0 Å². The number of amides is 1. The minimum atomic E-state index is -0.943. The minimum absolute atomic E-state index is 0.0328. The van der Waals surface area contributed by atoms with Crippen LogP contribution in [0, 0.1) is 5.92 Å². The van der Waals surface area contributed by atoms with Crippen molar-refractivity contribution in [3.05, 3.63) is 29.8 Å². The van der Waals surface area contributed by atoms with Crippen LogP contribution >= 0.6 is 0 Å². The van der Waals surface area contributed by atoms with Crippen molar-refractivity contribution in [3.63, 3.8) is 0 Å². The average Bonchev–Trinajstić information content (AvgIpc) is 2.53. The second-order valence-corrected chi connectivity index (χ2v) is 6.64. The molecule has 1 aromatic rings. The Labute approximate surface area is 137 Å². The summed E-state index contributed by atoms with van der Waals surface area (Å²) in [5, 5.41) is 9.51. The summed E-state index contributed by atoms with van der Waals surface area (Å²) in [6.45, 7) is 3.67. The molecular formula is C18H26N2O3. The van der Waals surface area contributed by atoms with Gasteiger partial charge >= 0.3 is 5.97 Å². The summed E-state index contributed by atoms with van der Waals surface area (Å²) in [7, 11) is 3.87. The fourth-order valence-corrected chi connectivity index (χ4v) is 2.91. The third-order valence-corrected chi connectivity index (χ3v) is 4.63. The van der Waals surface area contributed by atoms with Crippen molar-refractivity contribution >= 4 is 17.6 Å². The van der Waals surface area contributed by atoms with Crippen molar-refractivity contribution in [2.45, 2.75) is 32.1 Å². The molecule has 0 radical (unpaired) electrons. The quantitative estimate of drug-likeness (QED) is 0.906. The van der Waals surface area contributed by atoms with Gasteiger partial charge in [0.05, 0.1) is 5.92 Å². The Morgan fingerprint density at radius 2 is 1.78 bits per heavy atom. The predicted octanol–water partition coefficient (Wildman–Crippen LogP) is 2.57. The molecule has 5 nitrogen and oxygen atoms in total. The highest BCUT2D eigenvalue weighted by atomic mass is 16.4. The third-order valence-electron chi connectivity index (χ3n) is 4.63. The van der Waals surface area contributed by atoms with Crippen LogP contribution in [0.15, 0.2) is 24.3 Å². The van der Waals surface area contributed by atoms with Crippen LogP contribution in [0.2, 0.25) is 0 Å². The van der Waals surface area contributed by atoms with Crippen LogP contribution in [0.1, 0.15) is 37.7 Å². The molecule has 1 aliphatic heterocycles. The topological polar surface area (TPSA) is 60.9 Å². The van der Waals surface area contributed by atoms with Gasteiger partial charge in [0.15, 0.2) is 0 Å². The number of aliphatic carboxylic acids is 1. The summed E-state index contributed by atoms with van der Waals surface area (Å²) in [4.78, 5) is 27.8. The molecule has 1 saturated heterocycles. The number of carboxylic acids is 1. The maximum Gasteiger partial charge on any atom is 0.311 e. The number of anilines is 1. The third kappa shape index (κ3) is 4.47. The molecule has 23 heavy (non-hydrogen) atoms. The van der Waals surface area contributed by atoms with Crippen LogP contribution in [0.3, 0.4) is 0 Å². The lowest BCUT2D eigenvalue weighted by molar-refractivity contribution is -0.143. The van der Waals surface area contributed by atoms with Crippen molar-refractivity contribution < 1.29 is 14.7 Å². The summed E-state index contributed by atoms with van der Waals surface area (Å²) < 4.78 is 0. The highest BCUT2D eigenvalue weighted by Crippen LogP contribution is 2.25. The zero-order valence-corrected chi connectivity index (χ0v) is 14.2. The summed E-state index contributed by atoms with van der Waals surface area (Å²) in [6.07, 6.45) is 2.03. The lowest BCUT2D eigenvalue weighted by Crippen LogP contribution is -2.39. The molecule has 1 unspecified atom stereocenters. The molecule has 0 aromatic heterocycles. The Balaban J connectivity index is 2.06. The number of rotatable bonds is 5. The molecule has 1 aromatic carbocycles. The zero-order chi connectivity index (χ0) is 17.0. The number of carbonyl (C=O) groups excluding carboxylic acids is 1. The van der Waals surface area contributed by atoms with Gasteiger partial charge < -0.3 is 14.9 Å². The standard InChI is InChI=1S/C18H26N2O3/c1-13-8-10-20(11-9-13)17(21)12-16(18(22)23)14-4-6-15(7-5-14)19(2)3/h4-7,13,16H,8-12H2,1-3H3,(H,22,23). The average molecular weight is 318 g/mol. The minimum Gasteiger partial charge on any atom is -0.481 e. The molecule has 1 aliphatic rings. The Hall–Kier alpha value is -2.04. The molecule has 2 rings (SSSR count). The van der Waals surface area contributed by atoms with E-state index >= 15 is 0 Å². The fraction of sp³-hybridized carbons (Fsp3) is 0.556. The molecule has 1 atom stereocenters. The second-order valence-electron chi connectivity index (χ2n) is 6.64. The van der Waals surface area contributed by atoms with E-state index in [1.54, 1.807) is 12.1 Å². The molecule has 1 heterocycles. The number of hydrogen-bond donors (Lipinski definition) is 1. The number of likely N-dealkylation sites (tertiary alicyclic amines) is 1. The Morgan fingerprint density at radius 1 is 1.22 bits per heavy atom. The van der Waals surface area contributed by atoms with Gasteiger partial charge in [0, 0.05) is 39.3 Å². The molecule has 0 spiro atoms. The van der Waals surface area contributed by atoms with Crippen LogP contribution < -0.4 is 4.90 Å². The molecule has 0 aliphatic carbocycles. The van der Waals surface area contributed by atoms with Crippen molar-refractivity contribution in [2.75, 3.05) is 32.1 Å². The maximum atomic E-state index is 12.4. The van der Waals surface area contributed by atoms with Gasteiger partial charge in [0.25, 0.3) is 0 Å². The lowest BCUT2D eigenvalue weighted by atomic mass is 9.93. The van der Waals surface area contributed by atoms with Gasteiger partial charge in [0.1, 0.15) is 0 Å². The van der Waals surface area contributed by atoms with Gasteiger partial charge in [-0.25, -0.2) is 0 Å². The largest absolute Gasteiger partial charge is 0.481 e. The fourth-order valence-electron chi connectivity index (χ4n) is 2.91. The summed E-state index contributed by atoms with van der Waals surface area (Å²) >= 11 is 0. The van der Waals surface area contributed by atoms with Gasteiger partial charge in [-0.05, 0) is 36.5 Å². The first-order valence-corrected chi connectivity index (χ1v) is 8.16. The highest BCUT2D eigenvalue weighted by molar-refractivity contribution is 5.86. The van der Waals surface area contributed by atoms with Crippen molar-refractivity contribution in [1.82, 2.24) is 4.90 Å². The van der Waals surface area contributed by atoms with Crippen molar-refractivity contribution in [3.8, 4) is 0 Å². The lowest BCUT2D eigenvalue weighted by Gasteiger charge is -2.31. The van der Waals surface area contributed by atoms with Crippen LogP contribution in [0.4, 0.5) is 5.69 Å². The smallest absolute Gasteiger partial charge is 0.311 e. The number of piperidine rings is 1. The summed E-state index contributed by atoms with van der Waals surface area (Å²) in [6, 6.07) is 7.38. The molecule has 1 fully saturated rings. The number of nitrogens with zero attached hydrogens (tertiary/aromatic N) is 2. The Morgan fingerprint density at radius 3 is 2.26 bits per heavy atom. The van der Waals surface area contributed by atoms with E-state index < -0.39 is 11.9 Å². The zero-order valence-electron chi connectivity index (χ0n) is 14.2.